The van der Waals surface area contributed by atoms with Crippen molar-refractivity contribution in [1.82, 2.24) is 4.98 Å². The molecule has 1 fully saturated rings. The first-order chi connectivity index (χ1) is 9.18. The number of ether oxygens (including phenoxy) is 1. The van der Waals surface area contributed by atoms with Gasteiger partial charge < -0.3 is 10.5 Å². The summed E-state index contributed by atoms with van der Waals surface area (Å²) in [6.07, 6.45) is 10.9. The highest BCUT2D eigenvalue weighted by Crippen LogP contribution is 2.39. The number of aromatic nitrogens is 1. The molecule has 3 nitrogen and oxygen atoms in total. The molecule has 1 aromatic heterocycles. The van der Waals surface area contributed by atoms with Crippen LogP contribution < -0.4 is 5.73 Å². The van der Waals surface area contributed by atoms with E-state index in [1.54, 1.807) is 0 Å². The van der Waals surface area contributed by atoms with E-state index in [0.717, 1.165) is 30.6 Å². The number of hydrogen-bond donors (Lipinski definition) is 1. The predicted octanol–water partition coefficient (Wildman–Crippen LogP) is 3.52. The van der Waals surface area contributed by atoms with Crippen molar-refractivity contribution in [2.24, 2.45) is 5.73 Å². The lowest BCUT2D eigenvalue weighted by molar-refractivity contribution is -0.0696. The smallest absolute Gasteiger partial charge is 0.0874 e. The van der Waals surface area contributed by atoms with Crippen LogP contribution in [0.5, 0.6) is 0 Å². The summed E-state index contributed by atoms with van der Waals surface area (Å²) in [6, 6.07) is 2.07. The quantitative estimate of drug-likeness (QED) is 0.845. The van der Waals surface area contributed by atoms with Gasteiger partial charge in [-0.3, -0.25) is 4.98 Å². The maximum atomic E-state index is 6.56. The van der Waals surface area contributed by atoms with Crippen LogP contribution in [0.15, 0.2) is 18.5 Å². The normalized spacial score (nSPS) is 20.8. The number of nitrogens with zero attached hydrogens (tertiary/aromatic N) is 1. The fraction of sp³-hybridized carbons (Fsp3) is 0.688. The predicted molar refractivity (Wildman–Crippen MR) is 78.0 cm³/mol. The van der Waals surface area contributed by atoms with E-state index in [2.05, 4.69) is 24.9 Å². The second-order valence-electron chi connectivity index (χ2n) is 5.69. The van der Waals surface area contributed by atoms with Gasteiger partial charge in [-0.25, -0.2) is 0 Å². The summed E-state index contributed by atoms with van der Waals surface area (Å²) in [5.41, 5.74) is 8.64. The molecule has 106 valence electrons. The number of nitrogens with two attached hydrogens (primary N) is 1. The van der Waals surface area contributed by atoms with Crippen LogP contribution >= 0.6 is 0 Å². The van der Waals surface area contributed by atoms with E-state index in [-0.39, 0.29) is 11.6 Å². The fourth-order valence-electron chi connectivity index (χ4n) is 3.21. The molecule has 0 radical (unpaired) electrons. The molecule has 0 amide bonds. The molecule has 1 aliphatic carbocycles. The van der Waals surface area contributed by atoms with Gasteiger partial charge in [0.15, 0.2) is 0 Å². The Labute approximate surface area is 116 Å². The third-order valence-corrected chi connectivity index (χ3v) is 4.20. The van der Waals surface area contributed by atoms with E-state index < -0.39 is 0 Å². The average molecular weight is 262 g/mol. The highest BCUT2D eigenvalue weighted by atomic mass is 16.5. The van der Waals surface area contributed by atoms with E-state index in [1.165, 1.54) is 25.7 Å². The summed E-state index contributed by atoms with van der Waals surface area (Å²) in [5, 5.41) is 0. The largest absolute Gasteiger partial charge is 0.373 e. The Bertz CT molecular complexity index is 397. The van der Waals surface area contributed by atoms with Crippen molar-refractivity contribution >= 4 is 0 Å². The Hall–Kier alpha value is -0.930. The maximum absolute atomic E-state index is 6.56. The van der Waals surface area contributed by atoms with Crippen LogP contribution in [0.3, 0.4) is 0 Å². The van der Waals surface area contributed by atoms with Crippen molar-refractivity contribution in [2.45, 2.75) is 64.0 Å². The lowest BCUT2D eigenvalue weighted by atomic mass is 9.83. The summed E-state index contributed by atoms with van der Waals surface area (Å²) in [4.78, 5) is 4.28. The lowest BCUT2D eigenvalue weighted by Gasteiger charge is -2.38. The molecule has 2 rings (SSSR count). The minimum Gasteiger partial charge on any atom is -0.373 e. The van der Waals surface area contributed by atoms with Gasteiger partial charge in [-0.15, -0.1) is 0 Å². The van der Waals surface area contributed by atoms with Gasteiger partial charge in [-0.2, -0.15) is 0 Å². The standard InChI is InChI=1S/C16H26N2O/c1-3-19-16(8-6-4-5-7-9-16)15(17)14-10-13(2)11-18-12-14/h10-12,15H,3-9,17H2,1-2H3. The molecule has 0 aromatic carbocycles. The third kappa shape index (κ3) is 3.34. The molecule has 3 heteroatoms. The van der Waals surface area contributed by atoms with Crippen LogP contribution in [-0.2, 0) is 4.74 Å². The summed E-state index contributed by atoms with van der Waals surface area (Å²) in [7, 11) is 0. The SMILES string of the molecule is CCOC1(C(N)c2cncc(C)c2)CCCCCC1. The van der Waals surface area contributed by atoms with E-state index in [9.17, 15) is 0 Å². The first-order valence-electron chi connectivity index (χ1n) is 7.49. The Balaban J connectivity index is 2.26. The molecular weight excluding hydrogens is 236 g/mol. The van der Waals surface area contributed by atoms with Crippen molar-refractivity contribution < 1.29 is 4.74 Å². The summed E-state index contributed by atoms with van der Waals surface area (Å²) in [5.74, 6) is 0. The molecule has 0 spiro atoms. The first-order valence-corrected chi connectivity index (χ1v) is 7.49. The molecule has 1 unspecified atom stereocenters. The van der Waals surface area contributed by atoms with Gasteiger partial charge in [-0.1, -0.05) is 31.7 Å². The van der Waals surface area contributed by atoms with Crippen molar-refractivity contribution in [1.29, 1.82) is 0 Å². The van der Waals surface area contributed by atoms with Gasteiger partial charge >= 0.3 is 0 Å². The first kappa shape index (κ1) is 14.5. The molecule has 1 aliphatic rings. The van der Waals surface area contributed by atoms with Crippen molar-refractivity contribution in [2.75, 3.05) is 6.61 Å². The van der Waals surface area contributed by atoms with Crippen LogP contribution in [0.1, 0.15) is 62.6 Å². The molecule has 2 N–H and O–H groups in total. The second kappa shape index (κ2) is 6.49. The molecule has 0 saturated heterocycles. The molecule has 0 aliphatic heterocycles. The molecular formula is C16H26N2O. The molecule has 19 heavy (non-hydrogen) atoms. The average Bonchev–Trinajstić information content (AvgIpc) is 2.65. The van der Waals surface area contributed by atoms with Gasteiger partial charge in [0.25, 0.3) is 0 Å². The maximum Gasteiger partial charge on any atom is 0.0874 e. The van der Waals surface area contributed by atoms with E-state index in [4.69, 9.17) is 10.5 Å². The van der Waals surface area contributed by atoms with Gasteiger partial charge in [0.05, 0.1) is 11.6 Å². The van der Waals surface area contributed by atoms with Crippen LogP contribution in [0.2, 0.25) is 0 Å². The van der Waals surface area contributed by atoms with Crippen LogP contribution in [-0.4, -0.2) is 17.2 Å². The molecule has 1 saturated carbocycles. The Morgan fingerprint density at radius 2 is 1.95 bits per heavy atom. The molecule has 1 aromatic rings. The summed E-state index contributed by atoms with van der Waals surface area (Å²) < 4.78 is 6.15. The zero-order valence-corrected chi connectivity index (χ0v) is 12.2. The third-order valence-electron chi connectivity index (χ3n) is 4.20. The Morgan fingerprint density at radius 1 is 1.26 bits per heavy atom. The van der Waals surface area contributed by atoms with Gasteiger partial charge in [0.2, 0.25) is 0 Å². The van der Waals surface area contributed by atoms with Crippen LogP contribution in [0.25, 0.3) is 0 Å². The topological polar surface area (TPSA) is 48.1 Å². The summed E-state index contributed by atoms with van der Waals surface area (Å²) in [6.45, 7) is 4.85. The number of rotatable bonds is 4. The number of hydrogen-bond acceptors (Lipinski definition) is 3. The molecule has 1 atom stereocenters. The minimum absolute atomic E-state index is 0.0713. The van der Waals surface area contributed by atoms with Gasteiger partial charge in [0.1, 0.15) is 0 Å². The second-order valence-corrected chi connectivity index (χ2v) is 5.69. The minimum atomic E-state index is -0.194. The molecule has 0 bridgehead atoms. The van der Waals surface area contributed by atoms with Crippen molar-refractivity contribution in [3.05, 3.63) is 29.6 Å². The Morgan fingerprint density at radius 3 is 2.53 bits per heavy atom. The Kier molecular flexibility index (Phi) is 4.94. The van der Waals surface area contributed by atoms with Crippen molar-refractivity contribution in [3.8, 4) is 0 Å². The van der Waals surface area contributed by atoms with Gasteiger partial charge in [0, 0.05) is 19.0 Å². The van der Waals surface area contributed by atoms with Crippen LogP contribution in [0.4, 0.5) is 0 Å². The van der Waals surface area contributed by atoms with E-state index >= 15 is 0 Å². The fourth-order valence-corrected chi connectivity index (χ4v) is 3.21. The van der Waals surface area contributed by atoms with E-state index in [0.29, 0.717) is 0 Å². The zero-order valence-electron chi connectivity index (χ0n) is 12.2. The van der Waals surface area contributed by atoms with E-state index in [1.807, 2.05) is 12.4 Å². The number of aryl methyl sites for hydroxylation is 1. The summed E-state index contributed by atoms with van der Waals surface area (Å²) >= 11 is 0. The lowest BCUT2D eigenvalue weighted by Crippen LogP contribution is -2.43. The van der Waals surface area contributed by atoms with Gasteiger partial charge in [-0.05, 0) is 37.8 Å². The van der Waals surface area contributed by atoms with Crippen LogP contribution in [0, 0.1) is 6.92 Å². The monoisotopic (exact) mass is 262 g/mol. The van der Waals surface area contributed by atoms with Crippen molar-refractivity contribution in [3.63, 3.8) is 0 Å². The number of pyridine rings is 1. The zero-order chi connectivity index (χ0) is 13.7. The highest BCUT2D eigenvalue weighted by Gasteiger charge is 2.38. The molecule has 1 heterocycles. The highest BCUT2D eigenvalue weighted by molar-refractivity contribution is 5.23.